The molecule has 1 aliphatic rings. The fraction of sp³-hybridized carbons (Fsp3) is 0.368. The molecule has 0 radical (unpaired) electrons. The van der Waals surface area contributed by atoms with Gasteiger partial charge in [0.05, 0.1) is 0 Å². The van der Waals surface area contributed by atoms with Gasteiger partial charge in [0, 0.05) is 26.2 Å². The highest BCUT2D eigenvalue weighted by Crippen LogP contribution is 2.26. The summed E-state index contributed by atoms with van der Waals surface area (Å²) in [6, 6.07) is 11.2. The topological polar surface area (TPSA) is 108 Å². The Hall–Kier alpha value is -2.27. The lowest BCUT2D eigenvalue weighted by Crippen LogP contribution is -2.50. The van der Waals surface area contributed by atoms with Crippen LogP contribution in [0.15, 0.2) is 52.1 Å². The summed E-state index contributed by atoms with van der Waals surface area (Å²) < 4.78 is 27.9. The first-order chi connectivity index (χ1) is 13.9. The molecule has 29 heavy (non-hydrogen) atoms. The van der Waals surface area contributed by atoms with Crippen molar-refractivity contribution in [3.8, 4) is 0 Å². The second kappa shape index (κ2) is 9.49. The predicted molar refractivity (Wildman–Crippen MR) is 111 cm³/mol. The molecule has 1 aliphatic heterocycles. The van der Waals surface area contributed by atoms with Gasteiger partial charge in [0.2, 0.25) is 15.9 Å². The minimum Gasteiger partial charge on any atom is -0.341 e. The molecule has 0 spiro atoms. The molecule has 1 aromatic carbocycles. The highest BCUT2D eigenvalue weighted by Gasteiger charge is 2.33. The van der Waals surface area contributed by atoms with Crippen molar-refractivity contribution in [3.05, 3.63) is 53.4 Å². The molecule has 3 rings (SSSR count). The third-order valence-corrected chi connectivity index (χ3v) is 7.72. The molecule has 3 N–H and O–H groups in total. The van der Waals surface area contributed by atoms with Crippen LogP contribution < -0.4 is 15.4 Å². The molecular weight excluding hydrogens is 412 g/mol. The Kier molecular flexibility index (Phi) is 7.01. The van der Waals surface area contributed by atoms with E-state index in [2.05, 4.69) is 15.4 Å². The zero-order valence-electron chi connectivity index (χ0n) is 16.0. The highest BCUT2D eigenvalue weighted by atomic mass is 32.2. The number of rotatable bonds is 6. The van der Waals surface area contributed by atoms with Gasteiger partial charge in [0.1, 0.15) is 10.3 Å². The van der Waals surface area contributed by atoms with Gasteiger partial charge in [-0.15, -0.1) is 11.3 Å². The second-order valence-electron chi connectivity index (χ2n) is 6.75. The van der Waals surface area contributed by atoms with E-state index < -0.39 is 28.0 Å². The lowest BCUT2D eigenvalue weighted by molar-refractivity contribution is -0.126. The zero-order chi connectivity index (χ0) is 20.9. The molecular formula is C19H24N4O4S2. The number of hydrogen-bond donors (Lipinski definition) is 3. The molecule has 10 heteroatoms. The summed E-state index contributed by atoms with van der Waals surface area (Å²) in [5, 5.41) is 6.47. The Morgan fingerprint density at radius 1 is 1.10 bits per heavy atom. The number of sulfonamides is 1. The van der Waals surface area contributed by atoms with Gasteiger partial charge in [0.25, 0.3) is 0 Å². The lowest BCUT2D eigenvalue weighted by atomic mass is 9.99. The van der Waals surface area contributed by atoms with Crippen molar-refractivity contribution < 1.29 is 18.0 Å². The van der Waals surface area contributed by atoms with Gasteiger partial charge in [-0.05, 0) is 29.9 Å². The number of piperidine rings is 1. The van der Waals surface area contributed by atoms with Crippen LogP contribution >= 0.6 is 11.3 Å². The largest absolute Gasteiger partial charge is 0.341 e. The number of thiophene rings is 1. The van der Waals surface area contributed by atoms with Gasteiger partial charge in [-0.2, -0.15) is 0 Å². The Balaban J connectivity index is 1.68. The number of benzene rings is 1. The van der Waals surface area contributed by atoms with Gasteiger partial charge in [-0.3, -0.25) is 15.0 Å². The van der Waals surface area contributed by atoms with Crippen LogP contribution in [0.1, 0.15) is 24.4 Å². The Bertz CT molecular complexity index is 924. The predicted octanol–water partition coefficient (Wildman–Crippen LogP) is 1.69. The molecule has 0 saturated carbocycles. The van der Waals surface area contributed by atoms with Crippen LogP contribution in [0.3, 0.4) is 0 Å². The van der Waals surface area contributed by atoms with Crippen LogP contribution in [-0.4, -0.2) is 51.4 Å². The fourth-order valence-corrected chi connectivity index (χ4v) is 5.69. The van der Waals surface area contributed by atoms with Crippen molar-refractivity contribution >= 4 is 33.3 Å². The van der Waals surface area contributed by atoms with E-state index >= 15 is 0 Å². The molecule has 156 valence electrons. The maximum atomic E-state index is 12.8. The number of urea groups is 1. The van der Waals surface area contributed by atoms with Crippen molar-refractivity contribution in [2.75, 3.05) is 20.1 Å². The van der Waals surface area contributed by atoms with Gasteiger partial charge < -0.3 is 5.32 Å². The first kappa shape index (κ1) is 21.4. The average Bonchev–Trinajstić information content (AvgIpc) is 3.26. The molecule has 2 heterocycles. The molecule has 1 fully saturated rings. The Morgan fingerprint density at radius 3 is 2.38 bits per heavy atom. The normalized spacial score (nSPS) is 16.9. The smallest absolute Gasteiger partial charge is 0.321 e. The number of carbonyl (C=O) groups excluding carboxylic acids is 2. The number of nitrogens with zero attached hydrogens (tertiary/aromatic N) is 1. The molecule has 0 aliphatic carbocycles. The van der Waals surface area contributed by atoms with Crippen molar-refractivity contribution in [1.29, 1.82) is 0 Å². The molecule has 8 nitrogen and oxygen atoms in total. The van der Waals surface area contributed by atoms with Crippen LogP contribution in [0.4, 0.5) is 4.79 Å². The molecule has 2 aromatic rings. The molecule has 1 saturated heterocycles. The maximum absolute atomic E-state index is 12.8. The van der Waals surface area contributed by atoms with Crippen molar-refractivity contribution in [2.24, 2.45) is 0 Å². The van der Waals surface area contributed by atoms with Crippen LogP contribution in [-0.2, 0) is 14.8 Å². The second-order valence-corrected chi connectivity index (χ2v) is 9.63. The van der Waals surface area contributed by atoms with E-state index in [1.807, 2.05) is 35.2 Å². The number of likely N-dealkylation sites (tertiary alicyclic amines) is 1. The third-order valence-electron chi connectivity index (χ3n) is 4.80. The van der Waals surface area contributed by atoms with E-state index in [1.54, 1.807) is 17.5 Å². The van der Waals surface area contributed by atoms with Crippen LogP contribution in [0, 0.1) is 0 Å². The lowest BCUT2D eigenvalue weighted by Gasteiger charge is -2.36. The third kappa shape index (κ3) is 5.41. The highest BCUT2D eigenvalue weighted by molar-refractivity contribution is 7.91. The number of imide groups is 1. The monoisotopic (exact) mass is 436 g/mol. The number of amides is 3. The van der Waals surface area contributed by atoms with E-state index in [-0.39, 0.29) is 6.04 Å². The fourth-order valence-electron chi connectivity index (χ4n) is 3.38. The Labute approximate surface area is 174 Å². The van der Waals surface area contributed by atoms with Gasteiger partial charge in [0.15, 0.2) is 0 Å². The van der Waals surface area contributed by atoms with Gasteiger partial charge in [-0.1, -0.05) is 36.4 Å². The summed E-state index contributed by atoms with van der Waals surface area (Å²) in [4.78, 5) is 26.4. The number of carbonyl (C=O) groups is 2. The minimum atomic E-state index is -3.52. The van der Waals surface area contributed by atoms with Crippen molar-refractivity contribution in [1.82, 2.24) is 20.3 Å². The SMILES string of the molecule is CNC(=O)NC(=O)C(c1ccccc1)N1CCC(NS(=O)(=O)c2cccs2)CC1. The molecule has 1 unspecified atom stereocenters. The van der Waals surface area contributed by atoms with Crippen molar-refractivity contribution in [3.63, 3.8) is 0 Å². The first-order valence-electron chi connectivity index (χ1n) is 9.28. The summed E-state index contributed by atoms with van der Waals surface area (Å²) in [5.74, 6) is -0.409. The molecule has 1 atom stereocenters. The van der Waals surface area contributed by atoms with Gasteiger partial charge >= 0.3 is 6.03 Å². The summed E-state index contributed by atoms with van der Waals surface area (Å²) in [6.45, 7) is 1.05. The minimum absolute atomic E-state index is 0.197. The average molecular weight is 437 g/mol. The van der Waals surface area contributed by atoms with E-state index in [1.165, 1.54) is 18.4 Å². The van der Waals surface area contributed by atoms with Gasteiger partial charge in [-0.25, -0.2) is 17.9 Å². The van der Waals surface area contributed by atoms with E-state index in [4.69, 9.17) is 0 Å². The maximum Gasteiger partial charge on any atom is 0.321 e. The van der Waals surface area contributed by atoms with Crippen LogP contribution in [0.2, 0.25) is 0 Å². The quantitative estimate of drug-likeness (QED) is 0.639. The zero-order valence-corrected chi connectivity index (χ0v) is 17.6. The number of nitrogens with one attached hydrogen (secondary N) is 3. The van der Waals surface area contributed by atoms with Crippen LogP contribution in [0.5, 0.6) is 0 Å². The Morgan fingerprint density at radius 2 is 1.79 bits per heavy atom. The number of hydrogen-bond acceptors (Lipinski definition) is 6. The van der Waals surface area contributed by atoms with Crippen molar-refractivity contribution in [2.45, 2.75) is 29.1 Å². The summed E-state index contributed by atoms with van der Waals surface area (Å²) in [7, 11) is -2.07. The van der Waals surface area contributed by atoms with E-state index in [0.29, 0.717) is 30.1 Å². The summed E-state index contributed by atoms with van der Waals surface area (Å²) in [5.41, 5.74) is 0.784. The summed E-state index contributed by atoms with van der Waals surface area (Å²) in [6.07, 6.45) is 1.14. The van der Waals surface area contributed by atoms with E-state index in [0.717, 1.165) is 5.56 Å². The standard InChI is InChI=1S/C19H24N4O4S2/c1-20-19(25)21-18(24)17(14-6-3-2-4-7-14)23-11-9-15(10-12-23)22-29(26,27)16-8-5-13-28-16/h2-8,13,15,17,22H,9-12H2,1H3,(H2,20,21,24,25). The van der Waals surface area contributed by atoms with E-state index in [9.17, 15) is 18.0 Å². The molecule has 3 amide bonds. The molecule has 1 aromatic heterocycles. The summed E-state index contributed by atoms with van der Waals surface area (Å²) >= 11 is 1.18. The molecule has 0 bridgehead atoms. The first-order valence-corrected chi connectivity index (χ1v) is 11.6. The van der Waals surface area contributed by atoms with Crippen LogP contribution in [0.25, 0.3) is 0 Å².